The number of ether oxygens (including phenoxy) is 1. The standard InChI is InChI=1S/C26H27N7O5/c1-26-11-18(24(36)29-13-20-31-32-25(38-20)22(27)28)33(19(26)12-26)21(34)14-30-23(35)15-7-9-17(10-8-15)37-16-5-3-2-4-6-16/h2-10,18-19H,11-14H2,1H3,(H3,27,28)(H,29,36)(H,30,35)/t18-,19-,26+/m0/s1. The van der Waals surface area contributed by atoms with E-state index < -0.39 is 11.9 Å². The van der Waals surface area contributed by atoms with Crippen LogP contribution in [0.4, 0.5) is 0 Å². The van der Waals surface area contributed by atoms with Gasteiger partial charge in [-0.3, -0.25) is 19.8 Å². The average Bonchev–Trinajstić information content (AvgIpc) is 3.23. The summed E-state index contributed by atoms with van der Waals surface area (Å²) in [5, 5.41) is 20.1. The SMILES string of the molecule is C[C@@]12C[C@@H]1N(C(=O)CNC(=O)c1ccc(Oc3ccccc3)cc1)[C@H](C(=O)NCc1nnc(C(=N)N)o1)C2. The summed E-state index contributed by atoms with van der Waals surface area (Å²) in [6, 6.07) is 15.2. The van der Waals surface area contributed by atoms with E-state index >= 15 is 0 Å². The molecule has 2 fully saturated rings. The van der Waals surface area contributed by atoms with Crippen LogP contribution < -0.4 is 21.1 Å². The van der Waals surface area contributed by atoms with Crippen molar-refractivity contribution in [2.24, 2.45) is 11.1 Å². The van der Waals surface area contributed by atoms with Crippen molar-refractivity contribution in [1.82, 2.24) is 25.7 Å². The van der Waals surface area contributed by atoms with Crippen LogP contribution in [0.5, 0.6) is 11.5 Å². The highest BCUT2D eigenvalue weighted by Gasteiger charge is 2.64. The maximum atomic E-state index is 13.1. The Morgan fingerprint density at radius 2 is 1.79 bits per heavy atom. The number of para-hydroxylation sites is 1. The van der Waals surface area contributed by atoms with E-state index in [4.69, 9.17) is 20.3 Å². The molecule has 0 radical (unpaired) electrons. The number of amidine groups is 1. The second-order valence-corrected chi connectivity index (χ2v) is 9.65. The van der Waals surface area contributed by atoms with Crippen LogP contribution in [-0.4, -0.2) is 57.3 Å². The first kappa shape index (κ1) is 24.9. The largest absolute Gasteiger partial charge is 0.457 e. The summed E-state index contributed by atoms with van der Waals surface area (Å²) >= 11 is 0. The van der Waals surface area contributed by atoms with Crippen molar-refractivity contribution in [3.8, 4) is 11.5 Å². The average molecular weight is 518 g/mol. The molecule has 0 unspecified atom stereocenters. The van der Waals surface area contributed by atoms with Gasteiger partial charge in [0, 0.05) is 11.6 Å². The van der Waals surface area contributed by atoms with Crippen LogP contribution in [0.15, 0.2) is 59.0 Å². The highest BCUT2D eigenvalue weighted by Crippen LogP contribution is 2.59. The summed E-state index contributed by atoms with van der Waals surface area (Å²) in [7, 11) is 0. The highest BCUT2D eigenvalue weighted by atomic mass is 16.5. The second kappa shape index (κ2) is 9.96. The molecule has 1 saturated heterocycles. The van der Waals surface area contributed by atoms with Gasteiger partial charge in [-0.05, 0) is 54.7 Å². The zero-order chi connectivity index (χ0) is 26.9. The third-order valence-corrected chi connectivity index (χ3v) is 6.83. The van der Waals surface area contributed by atoms with Crippen LogP contribution in [0.2, 0.25) is 0 Å². The molecule has 2 heterocycles. The topological polar surface area (TPSA) is 177 Å². The molecule has 3 atom stereocenters. The van der Waals surface area contributed by atoms with Crippen molar-refractivity contribution in [2.45, 2.75) is 38.4 Å². The number of rotatable bonds is 9. The number of nitrogens with zero attached hydrogens (tertiary/aromatic N) is 3. The Balaban J connectivity index is 1.16. The molecular weight excluding hydrogens is 490 g/mol. The van der Waals surface area contributed by atoms with E-state index in [0.29, 0.717) is 23.5 Å². The Kier molecular flexibility index (Phi) is 6.53. The zero-order valence-corrected chi connectivity index (χ0v) is 20.6. The third-order valence-electron chi connectivity index (χ3n) is 6.83. The molecule has 2 aliphatic rings. The molecule has 0 spiro atoms. The number of fused-ring (bicyclic) bond motifs is 1. The van der Waals surface area contributed by atoms with E-state index in [2.05, 4.69) is 20.8 Å². The van der Waals surface area contributed by atoms with Crippen LogP contribution in [0.3, 0.4) is 0 Å². The molecule has 5 rings (SSSR count). The Bertz CT molecular complexity index is 1370. The molecule has 5 N–H and O–H groups in total. The fraction of sp³-hybridized carbons (Fsp3) is 0.308. The van der Waals surface area contributed by atoms with Gasteiger partial charge in [0.05, 0.1) is 13.1 Å². The van der Waals surface area contributed by atoms with Crippen molar-refractivity contribution < 1.29 is 23.5 Å². The number of nitrogens with two attached hydrogens (primary N) is 1. The monoisotopic (exact) mass is 517 g/mol. The molecule has 1 saturated carbocycles. The Labute approximate surface area is 218 Å². The van der Waals surface area contributed by atoms with E-state index in [0.717, 1.165) is 6.42 Å². The minimum atomic E-state index is -0.673. The number of carbonyl (C=O) groups is 3. The first-order valence-electron chi connectivity index (χ1n) is 12.1. The van der Waals surface area contributed by atoms with Gasteiger partial charge in [-0.15, -0.1) is 10.2 Å². The fourth-order valence-electron chi connectivity index (χ4n) is 4.72. The first-order valence-corrected chi connectivity index (χ1v) is 12.1. The van der Waals surface area contributed by atoms with Crippen LogP contribution in [-0.2, 0) is 16.1 Å². The second-order valence-electron chi connectivity index (χ2n) is 9.65. The number of likely N-dealkylation sites (tertiary alicyclic amines) is 1. The number of piperidine rings is 1. The van der Waals surface area contributed by atoms with Crippen molar-refractivity contribution in [2.75, 3.05) is 6.54 Å². The fourth-order valence-corrected chi connectivity index (χ4v) is 4.72. The lowest BCUT2D eigenvalue weighted by atomic mass is 10.0. The van der Waals surface area contributed by atoms with Gasteiger partial charge >= 0.3 is 0 Å². The number of carbonyl (C=O) groups excluding carboxylic acids is 3. The lowest BCUT2D eigenvalue weighted by Crippen LogP contribution is -2.50. The summed E-state index contributed by atoms with van der Waals surface area (Å²) in [5.74, 6) is -0.210. The number of aromatic nitrogens is 2. The van der Waals surface area contributed by atoms with Crippen LogP contribution in [0.25, 0.3) is 0 Å². The molecule has 3 amide bonds. The van der Waals surface area contributed by atoms with E-state index in [-0.39, 0.29) is 54.0 Å². The van der Waals surface area contributed by atoms with Crippen LogP contribution >= 0.6 is 0 Å². The van der Waals surface area contributed by atoms with E-state index in [1.54, 1.807) is 29.2 Å². The summed E-state index contributed by atoms with van der Waals surface area (Å²) in [5.41, 5.74) is 5.57. The maximum absolute atomic E-state index is 13.1. The minimum absolute atomic E-state index is 0.0511. The summed E-state index contributed by atoms with van der Waals surface area (Å²) in [6.07, 6.45) is 1.33. The Morgan fingerprint density at radius 1 is 1.08 bits per heavy atom. The number of hydrogen-bond donors (Lipinski definition) is 4. The number of nitrogen functional groups attached to an aromatic ring is 1. The summed E-state index contributed by atoms with van der Waals surface area (Å²) < 4.78 is 10.9. The van der Waals surface area contributed by atoms with Gasteiger partial charge in [0.1, 0.15) is 17.5 Å². The van der Waals surface area contributed by atoms with Gasteiger partial charge < -0.3 is 30.4 Å². The van der Waals surface area contributed by atoms with Crippen molar-refractivity contribution in [3.63, 3.8) is 0 Å². The van der Waals surface area contributed by atoms with E-state index in [1.165, 1.54) is 0 Å². The van der Waals surface area contributed by atoms with Crippen LogP contribution in [0, 0.1) is 10.8 Å². The highest BCUT2D eigenvalue weighted by molar-refractivity contribution is 5.97. The van der Waals surface area contributed by atoms with Gasteiger partial charge in [-0.2, -0.15) is 0 Å². The molecule has 1 aliphatic carbocycles. The van der Waals surface area contributed by atoms with Crippen molar-refractivity contribution in [1.29, 1.82) is 5.41 Å². The Hall–Kier alpha value is -4.74. The smallest absolute Gasteiger partial charge is 0.282 e. The van der Waals surface area contributed by atoms with Crippen molar-refractivity contribution in [3.05, 3.63) is 71.9 Å². The van der Waals surface area contributed by atoms with E-state index in [9.17, 15) is 14.4 Å². The van der Waals surface area contributed by atoms with Gasteiger partial charge in [0.2, 0.25) is 17.7 Å². The predicted molar refractivity (Wildman–Crippen MR) is 134 cm³/mol. The molecule has 12 heteroatoms. The first-order chi connectivity index (χ1) is 18.2. The summed E-state index contributed by atoms with van der Waals surface area (Å²) in [4.78, 5) is 40.3. The number of amides is 3. The van der Waals surface area contributed by atoms with Gasteiger partial charge in [0.25, 0.3) is 11.8 Å². The minimum Gasteiger partial charge on any atom is -0.457 e. The molecular formula is C26H27N7O5. The van der Waals surface area contributed by atoms with Gasteiger partial charge in [0.15, 0.2) is 5.84 Å². The molecule has 0 bridgehead atoms. The molecule has 1 aromatic heterocycles. The molecule has 3 aromatic rings. The normalized spacial score (nSPS) is 21.3. The predicted octanol–water partition coefficient (Wildman–Crippen LogP) is 1.57. The molecule has 38 heavy (non-hydrogen) atoms. The summed E-state index contributed by atoms with van der Waals surface area (Å²) in [6.45, 7) is 1.75. The quantitative estimate of drug-likeness (QED) is 0.244. The maximum Gasteiger partial charge on any atom is 0.282 e. The number of hydrogen-bond acceptors (Lipinski definition) is 8. The lowest BCUT2D eigenvalue weighted by Gasteiger charge is -2.26. The third kappa shape index (κ3) is 5.19. The van der Waals surface area contributed by atoms with Gasteiger partial charge in [-0.25, -0.2) is 0 Å². The van der Waals surface area contributed by atoms with Crippen LogP contribution in [0.1, 0.15) is 41.9 Å². The molecule has 12 nitrogen and oxygen atoms in total. The zero-order valence-electron chi connectivity index (χ0n) is 20.6. The molecule has 2 aromatic carbocycles. The van der Waals surface area contributed by atoms with E-state index in [1.807, 2.05) is 37.3 Å². The van der Waals surface area contributed by atoms with Crippen molar-refractivity contribution >= 4 is 23.6 Å². The Morgan fingerprint density at radius 3 is 2.47 bits per heavy atom. The number of benzene rings is 2. The lowest BCUT2D eigenvalue weighted by molar-refractivity contribution is -0.139. The molecule has 1 aliphatic heterocycles. The van der Waals surface area contributed by atoms with Gasteiger partial charge in [-0.1, -0.05) is 25.1 Å². The molecule has 196 valence electrons. The number of nitrogens with one attached hydrogen (secondary N) is 3.